The molecule has 1 heterocycles. The Morgan fingerprint density at radius 2 is 2.00 bits per heavy atom. The lowest BCUT2D eigenvalue weighted by Crippen LogP contribution is -2.06. The first kappa shape index (κ1) is 9.93. The van der Waals surface area contributed by atoms with Crippen molar-refractivity contribution in [3.05, 3.63) is 45.3 Å². The first-order chi connectivity index (χ1) is 7.11. The zero-order valence-corrected chi connectivity index (χ0v) is 8.83. The van der Waals surface area contributed by atoms with Crippen molar-refractivity contribution in [3.63, 3.8) is 0 Å². The highest BCUT2D eigenvalue weighted by Gasteiger charge is 2.06. The molecule has 0 atom stereocenters. The van der Waals surface area contributed by atoms with Crippen LogP contribution in [-0.2, 0) is 6.54 Å². The van der Waals surface area contributed by atoms with Gasteiger partial charge in [-0.2, -0.15) is 0 Å². The van der Waals surface area contributed by atoms with Crippen LogP contribution in [0.5, 0.6) is 0 Å². The average molecular weight is 203 g/mol. The van der Waals surface area contributed by atoms with E-state index in [9.17, 15) is 4.79 Å². The Balaban J connectivity index is 2.91. The fourth-order valence-electron chi connectivity index (χ4n) is 1.81. The lowest BCUT2D eigenvalue weighted by molar-refractivity contribution is 0.538. The van der Waals surface area contributed by atoms with E-state index in [0.717, 1.165) is 11.1 Å². The molecule has 0 unspecified atom stereocenters. The van der Waals surface area contributed by atoms with Crippen molar-refractivity contribution < 1.29 is 4.42 Å². The van der Waals surface area contributed by atoms with Gasteiger partial charge in [0.25, 0.3) is 0 Å². The van der Waals surface area contributed by atoms with Gasteiger partial charge in [0.05, 0.1) is 11.9 Å². The van der Waals surface area contributed by atoms with E-state index in [2.05, 4.69) is 0 Å². The smallest absolute Gasteiger partial charge is 0.193 e. The van der Waals surface area contributed by atoms with E-state index in [1.807, 2.05) is 26.0 Å². The number of benzene rings is 1. The average Bonchev–Trinajstić information content (AvgIpc) is 2.15. The summed E-state index contributed by atoms with van der Waals surface area (Å²) in [4.78, 5) is 11.8. The van der Waals surface area contributed by atoms with Crippen LogP contribution in [0.15, 0.2) is 27.4 Å². The first-order valence-corrected chi connectivity index (χ1v) is 4.86. The Hall–Kier alpha value is -1.61. The molecule has 1 aromatic carbocycles. The molecule has 0 aliphatic heterocycles. The van der Waals surface area contributed by atoms with Gasteiger partial charge in [-0.25, -0.2) is 0 Å². The maximum Gasteiger partial charge on any atom is 0.193 e. The van der Waals surface area contributed by atoms with Gasteiger partial charge in [-0.05, 0) is 31.0 Å². The molecular weight excluding hydrogens is 190 g/mol. The Morgan fingerprint density at radius 3 is 2.67 bits per heavy atom. The van der Waals surface area contributed by atoms with Gasteiger partial charge in [0.15, 0.2) is 5.43 Å². The second-order valence-corrected chi connectivity index (χ2v) is 3.74. The summed E-state index contributed by atoms with van der Waals surface area (Å²) in [6.45, 7) is 4.13. The van der Waals surface area contributed by atoms with E-state index in [-0.39, 0.29) is 12.0 Å². The van der Waals surface area contributed by atoms with Crippen molar-refractivity contribution in [1.29, 1.82) is 0 Å². The molecule has 2 rings (SSSR count). The summed E-state index contributed by atoms with van der Waals surface area (Å²) in [5.74, 6) is 0.525. The van der Waals surface area contributed by atoms with E-state index in [0.29, 0.717) is 16.7 Å². The van der Waals surface area contributed by atoms with Crippen molar-refractivity contribution in [2.75, 3.05) is 0 Å². The summed E-state index contributed by atoms with van der Waals surface area (Å²) >= 11 is 0. The Labute approximate surface area is 87.5 Å². The van der Waals surface area contributed by atoms with Crippen LogP contribution in [0.2, 0.25) is 0 Å². The van der Waals surface area contributed by atoms with Crippen molar-refractivity contribution in [2.24, 2.45) is 5.73 Å². The summed E-state index contributed by atoms with van der Waals surface area (Å²) in [6, 6.07) is 5.30. The lowest BCUT2D eigenvalue weighted by atomic mass is 10.1. The molecule has 0 aliphatic carbocycles. The van der Waals surface area contributed by atoms with Crippen molar-refractivity contribution in [3.8, 4) is 0 Å². The summed E-state index contributed by atoms with van der Waals surface area (Å²) < 4.78 is 5.53. The van der Waals surface area contributed by atoms with Gasteiger partial charge in [-0.15, -0.1) is 0 Å². The van der Waals surface area contributed by atoms with Crippen LogP contribution in [0, 0.1) is 13.8 Å². The van der Waals surface area contributed by atoms with Crippen LogP contribution in [0.4, 0.5) is 0 Å². The molecule has 0 amide bonds. The van der Waals surface area contributed by atoms with Crippen LogP contribution in [-0.4, -0.2) is 0 Å². The normalized spacial score (nSPS) is 10.9. The Morgan fingerprint density at radius 1 is 1.27 bits per heavy atom. The Bertz CT molecular complexity index is 570. The van der Waals surface area contributed by atoms with Crippen molar-refractivity contribution >= 4 is 11.0 Å². The fraction of sp³-hybridized carbons (Fsp3) is 0.250. The second kappa shape index (κ2) is 3.51. The molecule has 0 spiro atoms. The minimum atomic E-state index is -0.0193. The predicted molar refractivity (Wildman–Crippen MR) is 59.8 cm³/mol. The minimum Gasteiger partial charge on any atom is -0.459 e. The van der Waals surface area contributed by atoms with Gasteiger partial charge < -0.3 is 10.2 Å². The van der Waals surface area contributed by atoms with Crippen LogP contribution >= 0.6 is 0 Å². The number of rotatable bonds is 1. The van der Waals surface area contributed by atoms with Crippen LogP contribution in [0.3, 0.4) is 0 Å². The topological polar surface area (TPSA) is 56.2 Å². The molecule has 0 bridgehead atoms. The third kappa shape index (κ3) is 1.66. The van der Waals surface area contributed by atoms with Crippen molar-refractivity contribution in [2.45, 2.75) is 20.4 Å². The molecule has 3 nitrogen and oxygen atoms in total. The summed E-state index contributed by atoms with van der Waals surface area (Å²) in [6.07, 6.45) is 0. The largest absolute Gasteiger partial charge is 0.459 e. The summed E-state index contributed by atoms with van der Waals surface area (Å²) in [5, 5.41) is 0.651. The van der Waals surface area contributed by atoms with Gasteiger partial charge in [0.2, 0.25) is 0 Å². The third-order valence-electron chi connectivity index (χ3n) is 2.42. The highest BCUT2D eigenvalue weighted by Crippen LogP contribution is 2.18. The zero-order chi connectivity index (χ0) is 11.0. The number of fused-ring (bicyclic) bond motifs is 1. The molecule has 15 heavy (non-hydrogen) atoms. The quantitative estimate of drug-likeness (QED) is 0.769. The van der Waals surface area contributed by atoms with Gasteiger partial charge >= 0.3 is 0 Å². The van der Waals surface area contributed by atoms with E-state index >= 15 is 0 Å². The molecule has 2 aromatic rings. The van der Waals surface area contributed by atoms with Gasteiger partial charge in [-0.1, -0.05) is 6.07 Å². The van der Waals surface area contributed by atoms with Gasteiger partial charge in [0, 0.05) is 6.07 Å². The van der Waals surface area contributed by atoms with Crippen LogP contribution in [0.25, 0.3) is 11.0 Å². The number of aryl methyl sites for hydroxylation is 2. The van der Waals surface area contributed by atoms with E-state index in [4.69, 9.17) is 10.2 Å². The summed E-state index contributed by atoms with van der Waals surface area (Å²) in [5.41, 5.74) is 8.09. The second-order valence-electron chi connectivity index (χ2n) is 3.74. The predicted octanol–water partition coefficient (Wildman–Crippen LogP) is 1.87. The number of hydrogen-bond donors (Lipinski definition) is 1. The van der Waals surface area contributed by atoms with Crippen LogP contribution < -0.4 is 11.2 Å². The third-order valence-corrected chi connectivity index (χ3v) is 2.42. The minimum absolute atomic E-state index is 0.0193. The SMILES string of the molecule is Cc1cc(C)c2c(=O)cc(CN)oc2c1. The zero-order valence-electron chi connectivity index (χ0n) is 8.83. The van der Waals surface area contributed by atoms with E-state index in [1.165, 1.54) is 6.07 Å². The molecule has 0 saturated heterocycles. The molecule has 0 saturated carbocycles. The highest BCUT2D eigenvalue weighted by molar-refractivity contribution is 5.80. The highest BCUT2D eigenvalue weighted by atomic mass is 16.3. The van der Waals surface area contributed by atoms with Gasteiger partial charge in [0.1, 0.15) is 11.3 Å². The molecule has 78 valence electrons. The molecule has 3 heteroatoms. The van der Waals surface area contributed by atoms with Crippen LogP contribution in [0.1, 0.15) is 16.9 Å². The number of hydrogen-bond acceptors (Lipinski definition) is 3. The maximum atomic E-state index is 11.8. The molecule has 0 radical (unpaired) electrons. The molecule has 1 aromatic heterocycles. The van der Waals surface area contributed by atoms with E-state index in [1.54, 1.807) is 0 Å². The number of nitrogens with two attached hydrogens (primary N) is 1. The van der Waals surface area contributed by atoms with Crippen molar-refractivity contribution in [1.82, 2.24) is 0 Å². The van der Waals surface area contributed by atoms with E-state index < -0.39 is 0 Å². The maximum absolute atomic E-state index is 11.8. The molecular formula is C12H13NO2. The molecule has 0 aliphatic rings. The molecule has 2 N–H and O–H groups in total. The lowest BCUT2D eigenvalue weighted by Gasteiger charge is -2.04. The molecule has 0 fully saturated rings. The summed E-state index contributed by atoms with van der Waals surface area (Å²) in [7, 11) is 0. The standard InChI is InChI=1S/C12H13NO2/c1-7-3-8(2)12-10(14)5-9(6-13)15-11(12)4-7/h3-5H,6,13H2,1-2H3. The first-order valence-electron chi connectivity index (χ1n) is 4.86. The van der Waals surface area contributed by atoms with Gasteiger partial charge in [-0.3, -0.25) is 4.79 Å². The Kier molecular flexibility index (Phi) is 2.32. The monoisotopic (exact) mass is 203 g/mol. The fourth-order valence-corrected chi connectivity index (χ4v) is 1.81.